The van der Waals surface area contributed by atoms with Gasteiger partial charge in [0, 0.05) is 48.7 Å². The van der Waals surface area contributed by atoms with E-state index in [1.54, 1.807) is 12.4 Å². The van der Waals surface area contributed by atoms with E-state index in [9.17, 15) is 9.59 Å². The third kappa shape index (κ3) is 7.51. The monoisotopic (exact) mass is 617 g/mol. The van der Waals surface area contributed by atoms with Crippen molar-refractivity contribution >= 4 is 32.7 Å². The van der Waals surface area contributed by atoms with Crippen molar-refractivity contribution in [1.29, 1.82) is 0 Å². The Morgan fingerprint density at radius 2 is 1.66 bits per heavy atom. The summed E-state index contributed by atoms with van der Waals surface area (Å²) < 4.78 is 0. The van der Waals surface area contributed by atoms with Crippen LogP contribution in [-0.4, -0.2) is 69.6 Å². The van der Waals surface area contributed by atoms with Gasteiger partial charge in [0.25, 0.3) is 5.91 Å². The summed E-state index contributed by atoms with van der Waals surface area (Å²) in [4.78, 5) is 36.0. The Morgan fingerprint density at radius 1 is 0.932 bits per heavy atom. The van der Waals surface area contributed by atoms with E-state index in [1.165, 1.54) is 68.4 Å². The lowest BCUT2D eigenvalue weighted by molar-refractivity contribution is -0.134. The molecule has 2 aromatic heterocycles. The van der Waals surface area contributed by atoms with Crippen LogP contribution in [0, 0.1) is 5.92 Å². The van der Waals surface area contributed by atoms with E-state index in [-0.39, 0.29) is 11.9 Å². The van der Waals surface area contributed by atoms with Gasteiger partial charge in [0.15, 0.2) is 0 Å². The maximum absolute atomic E-state index is 14.0. The van der Waals surface area contributed by atoms with Crippen LogP contribution in [0.15, 0.2) is 54.9 Å². The molecule has 3 aromatic rings. The third-order valence-corrected chi connectivity index (χ3v) is 14.9. The molecule has 3 aliphatic heterocycles. The van der Waals surface area contributed by atoms with Gasteiger partial charge < -0.3 is 15.2 Å². The van der Waals surface area contributed by atoms with Gasteiger partial charge in [-0.3, -0.25) is 19.9 Å². The number of H-pyrrole nitrogens is 1. The first kappa shape index (κ1) is 31.2. The Bertz CT molecular complexity index is 1330. The first-order valence-electron chi connectivity index (χ1n) is 17.2. The van der Waals surface area contributed by atoms with Crippen molar-refractivity contribution in [2.75, 3.05) is 36.9 Å². The van der Waals surface area contributed by atoms with Crippen LogP contribution in [-0.2, 0) is 4.79 Å². The Balaban J connectivity index is 0.964. The summed E-state index contributed by atoms with van der Waals surface area (Å²) in [5.74, 6) is 4.64. The molecule has 0 aliphatic carbocycles. The van der Waals surface area contributed by atoms with Crippen LogP contribution in [0.2, 0.25) is 0 Å². The van der Waals surface area contributed by atoms with Crippen LogP contribution < -0.4 is 10.6 Å². The number of amides is 2. The van der Waals surface area contributed by atoms with Crippen LogP contribution in [0.5, 0.6) is 0 Å². The SMILES string of the molecule is O=C(NCCCCC1CCN(C(=O)C2CS3(CCCCCCCCC3)C(c3ccccc3)N2)CC1)c1cc2cnccc2[nH]1. The average Bonchev–Trinajstić information content (AvgIpc) is 3.67. The molecular weight excluding hydrogens is 566 g/mol. The zero-order valence-electron chi connectivity index (χ0n) is 26.3. The number of fused-ring (bicyclic) bond motifs is 1. The van der Waals surface area contributed by atoms with Crippen molar-refractivity contribution < 1.29 is 9.59 Å². The van der Waals surface area contributed by atoms with Crippen molar-refractivity contribution in [2.45, 2.75) is 88.5 Å². The average molecular weight is 618 g/mol. The molecule has 7 nitrogen and oxygen atoms in total. The normalized spacial score (nSPS) is 23.9. The molecule has 0 radical (unpaired) electrons. The van der Waals surface area contributed by atoms with Gasteiger partial charge in [-0.25, -0.2) is 10.0 Å². The van der Waals surface area contributed by atoms with E-state index < -0.39 is 10.0 Å². The topological polar surface area (TPSA) is 90.1 Å². The van der Waals surface area contributed by atoms with Crippen LogP contribution >= 0.6 is 10.0 Å². The molecule has 6 rings (SSSR count). The highest BCUT2D eigenvalue weighted by atomic mass is 32.3. The van der Waals surface area contributed by atoms with E-state index in [2.05, 4.69) is 55.8 Å². The lowest BCUT2D eigenvalue weighted by Gasteiger charge is -2.42. The van der Waals surface area contributed by atoms with E-state index in [0.29, 0.717) is 29.4 Å². The lowest BCUT2D eigenvalue weighted by atomic mass is 9.91. The Morgan fingerprint density at radius 3 is 2.39 bits per heavy atom. The standard InChI is InChI=1S/C36H51N5O2S/c42-34(32-25-30-26-37-20-16-31(30)39-32)38-19-10-9-13-28-17-21-41(22-18-28)36(43)33-27-44(23-11-4-2-1-3-5-12-24-44)35(40-33)29-14-7-6-8-15-29/h6-8,14-16,20,25-26,28,33,35,39-40H,1-5,9-13,17-19,21-24,27H2,(H,38,42). The number of unbranched alkanes of at least 4 members (excludes halogenated alkanes) is 1. The number of aromatic nitrogens is 2. The fraction of sp³-hybridized carbons (Fsp3) is 0.583. The zero-order valence-corrected chi connectivity index (χ0v) is 27.1. The molecule has 1 aromatic carbocycles. The number of piperidine rings is 1. The quantitative estimate of drug-likeness (QED) is 0.239. The summed E-state index contributed by atoms with van der Waals surface area (Å²) in [6.45, 7) is 2.45. The van der Waals surface area contributed by atoms with E-state index in [1.807, 2.05) is 12.1 Å². The van der Waals surface area contributed by atoms with Crippen molar-refractivity contribution in [1.82, 2.24) is 25.5 Å². The van der Waals surface area contributed by atoms with Crippen LogP contribution in [0.3, 0.4) is 0 Å². The Labute approximate surface area is 264 Å². The van der Waals surface area contributed by atoms with Crippen LogP contribution in [0.1, 0.15) is 98.5 Å². The predicted molar refractivity (Wildman–Crippen MR) is 182 cm³/mol. The Kier molecular flexibility index (Phi) is 10.6. The largest absolute Gasteiger partial charge is 0.351 e. The second-order valence-electron chi connectivity index (χ2n) is 13.3. The number of benzene rings is 1. The molecule has 238 valence electrons. The summed E-state index contributed by atoms with van der Waals surface area (Å²) in [6.07, 6.45) is 18.4. The molecule has 2 unspecified atom stereocenters. The second kappa shape index (κ2) is 15.0. The third-order valence-electron chi connectivity index (χ3n) is 10.3. The van der Waals surface area contributed by atoms with E-state index in [0.717, 1.165) is 55.4 Å². The number of rotatable bonds is 8. The maximum Gasteiger partial charge on any atom is 0.267 e. The number of pyridine rings is 1. The first-order chi connectivity index (χ1) is 21.6. The second-order valence-corrected chi connectivity index (χ2v) is 17.2. The smallest absolute Gasteiger partial charge is 0.267 e. The number of nitrogens with zero attached hydrogens (tertiary/aromatic N) is 2. The predicted octanol–water partition coefficient (Wildman–Crippen LogP) is 6.92. The highest BCUT2D eigenvalue weighted by Crippen LogP contribution is 2.64. The summed E-state index contributed by atoms with van der Waals surface area (Å²) in [6, 6.07) is 14.7. The Hall–Kier alpha value is -2.84. The van der Waals surface area contributed by atoms with Gasteiger partial charge >= 0.3 is 0 Å². The van der Waals surface area contributed by atoms with Crippen molar-refractivity contribution in [3.05, 3.63) is 66.1 Å². The van der Waals surface area contributed by atoms with Gasteiger partial charge in [-0.05, 0) is 67.2 Å². The number of carbonyl (C=O) groups excluding carboxylic acids is 2. The summed E-state index contributed by atoms with van der Waals surface area (Å²) in [7, 11) is -0.941. The molecule has 3 aliphatic rings. The minimum absolute atomic E-state index is 0.0353. The molecule has 0 bridgehead atoms. The number of carbonyl (C=O) groups is 2. The number of aromatic amines is 1. The number of nitrogens with one attached hydrogen (secondary N) is 3. The van der Waals surface area contributed by atoms with E-state index in [4.69, 9.17) is 0 Å². The molecule has 44 heavy (non-hydrogen) atoms. The number of hydrogen-bond acceptors (Lipinski definition) is 4. The summed E-state index contributed by atoms with van der Waals surface area (Å²) in [5.41, 5.74) is 2.91. The molecule has 3 saturated heterocycles. The maximum atomic E-state index is 14.0. The number of hydrogen-bond donors (Lipinski definition) is 3. The molecule has 2 amide bonds. The van der Waals surface area contributed by atoms with Gasteiger partial charge in [-0.2, -0.15) is 0 Å². The van der Waals surface area contributed by atoms with Crippen molar-refractivity contribution in [2.24, 2.45) is 5.92 Å². The molecule has 5 heterocycles. The van der Waals surface area contributed by atoms with Crippen LogP contribution in [0.25, 0.3) is 10.9 Å². The highest BCUT2D eigenvalue weighted by Gasteiger charge is 2.46. The molecule has 2 atom stereocenters. The van der Waals surface area contributed by atoms with Gasteiger partial charge in [-0.15, -0.1) is 0 Å². The van der Waals surface area contributed by atoms with Crippen LogP contribution in [0.4, 0.5) is 0 Å². The molecular formula is C36H51N5O2S. The van der Waals surface area contributed by atoms with Gasteiger partial charge in [-0.1, -0.05) is 75.3 Å². The van der Waals surface area contributed by atoms with Crippen molar-refractivity contribution in [3.8, 4) is 0 Å². The summed E-state index contributed by atoms with van der Waals surface area (Å²) in [5, 5.41) is 8.30. The van der Waals surface area contributed by atoms with Gasteiger partial charge in [0.2, 0.25) is 5.91 Å². The minimum Gasteiger partial charge on any atom is -0.351 e. The molecule has 3 N–H and O–H groups in total. The fourth-order valence-corrected chi connectivity index (χ4v) is 12.6. The first-order valence-corrected chi connectivity index (χ1v) is 19.4. The van der Waals surface area contributed by atoms with Gasteiger partial charge in [0.1, 0.15) is 5.69 Å². The zero-order chi connectivity index (χ0) is 30.2. The summed E-state index contributed by atoms with van der Waals surface area (Å²) >= 11 is 0. The molecule has 0 saturated carbocycles. The van der Waals surface area contributed by atoms with E-state index >= 15 is 0 Å². The molecule has 1 spiro atoms. The van der Waals surface area contributed by atoms with Gasteiger partial charge in [0.05, 0.1) is 11.4 Å². The minimum atomic E-state index is -0.941. The molecule has 8 heteroatoms. The molecule has 3 fully saturated rings. The van der Waals surface area contributed by atoms with Crippen molar-refractivity contribution in [3.63, 3.8) is 0 Å². The lowest BCUT2D eigenvalue weighted by Crippen LogP contribution is -2.48. The highest BCUT2D eigenvalue weighted by molar-refractivity contribution is 8.34. The number of likely N-dealkylation sites (tertiary alicyclic amines) is 1. The fourth-order valence-electron chi connectivity index (χ4n) is 7.74.